The van der Waals surface area contributed by atoms with Crippen molar-refractivity contribution in [1.29, 1.82) is 0 Å². The van der Waals surface area contributed by atoms with Crippen molar-refractivity contribution in [1.82, 2.24) is 10.1 Å². The molecule has 5 nitrogen and oxygen atoms in total. The third-order valence-corrected chi connectivity index (χ3v) is 3.81. The predicted octanol–water partition coefficient (Wildman–Crippen LogP) is 1.02. The minimum absolute atomic E-state index is 0.111. The maximum absolute atomic E-state index is 9.41. The molecule has 0 bridgehead atoms. The molecule has 0 radical (unpaired) electrons. The van der Waals surface area contributed by atoms with E-state index in [4.69, 9.17) is 10.3 Å². The molecule has 2 heterocycles. The van der Waals surface area contributed by atoms with E-state index < -0.39 is 6.10 Å². The summed E-state index contributed by atoms with van der Waals surface area (Å²) >= 11 is 1.85. The molecule has 3 N–H and O–H groups in total. The van der Waals surface area contributed by atoms with Crippen LogP contribution in [0.25, 0.3) is 0 Å². The average molecular weight is 229 g/mol. The SMILES string of the molecule is NCC(O)c1nc(C2CCCCS2)no1. The third-order valence-electron chi connectivity index (χ3n) is 2.43. The minimum Gasteiger partial charge on any atom is -0.382 e. The molecule has 2 rings (SSSR count). The van der Waals surface area contributed by atoms with Gasteiger partial charge in [0, 0.05) is 6.54 Å². The highest BCUT2D eigenvalue weighted by atomic mass is 32.2. The Morgan fingerprint density at radius 1 is 1.60 bits per heavy atom. The number of hydrogen-bond donors (Lipinski definition) is 2. The largest absolute Gasteiger partial charge is 0.382 e. The molecule has 0 saturated carbocycles. The van der Waals surface area contributed by atoms with Crippen LogP contribution in [0, 0.1) is 0 Å². The van der Waals surface area contributed by atoms with E-state index in [9.17, 15) is 5.11 Å². The Bertz CT molecular complexity index is 312. The van der Waals surface area contributed by atoms with Crippen molar-refractivity contribution in [2.75, 3.05) is 12.3 Å². The Kier molecular flexibility index (Phi) is 3.61. The summed E-state index contributed by atoms with van der Waals surface area (Å²) in [7, 11) is 0. The molecule has 0 aliphatic carbocycles. The fourth-order valence-corrected chi connectivity index (χ4v) is 2.79. The van der Waals surface area contributed by atoms with Crippen molar-refractivity contribution in [3.8, 4) is 0 Å². The van der Waals surface area contributed by atoms with Crippen molar-refractivity contribution in [3.05, 3.63) is 11.7 Å². The van der Waals surface area contributed by atoms with Crippen LogP contribution in [0.4, 0.5) is 0 Å². The Morgan fingerprint density at radius 2 is 2.47 bits per heavy atom. The molecular weight excluding hydrogens is 214 g/mol. The number of aliphatic hydroxyl groups is 1. The van der Waals surface area contributed by atoms with Crippen LogP contribution in [0.1, 0.15) is 42.3 Å². The van der Waals surface area contributed by atoms with Gasteiger partial charge in [0.1, 0.15) is 6.10 Å². The first-order valence-corrected chi connectivity index (χ1v) is 6.19. The lowest BCUT2D eigenvalue weighted by atomic mass is 10.2. The molecule has 1 aromatic heterocycles. The Hall–Kier alpha value is -0.590. The van der Waals surface area contributed by atoms with Gasteiger partial charge in [0.15, 0.2) is 5.82 Å². The number of hydrogen-bond acceptors (Lipinski definition) is 6. The second kappa shape index (κ2) is 4.96. The van der Waals surface area contributed by atoms with Crippen LogP contribution in [-0.2, 0) is 0 Å². The maximum Gasteiger partial charge on any atom is 0.256 e. The van der Waals surface area contributed by atoms with Gasteiger partial charge in [0.25, 0.3) is 5.89 Å². The van der Waals surface area contributed by atoms with Crippen molar-refractivity contribution < 1.29 is 9.63 Å². The summed E-state index contributed by atoms with van der Waals surface area (Å²) < 4.78 is 4.97. The molecule has 15 heavy (non-hydrogen) atoms. The number of aromatic nitrogens is 2. The fraction of sp³-hybridized carbons (Fsp3) is 0.778. The monoisotopic (exact) mass is 229 g/mol. The van der Waals surface area contributed by atoms with Gasteiger partial charge in [-0.3, -0.25) is 0 Å². The van der Waals surface area contributed by atoms with E-state index in [0.717, 1.165) is 12.2 Å². The van der Waals surface area contributed by atoms with E-state index in [0.29, 0.717) is 11.1 Å². The van der Waals surface area contributed by atoms with E-state index in [1.165, 1.54) is 12.8 Å². The highest BCUT2D eigenvalue weighted by Crippen LogP contribution is 2.36. The smallest absolute Gasteiger partial charge is 0.256 e. The summed E-state index contributed by atoms with van der Waals surface area (Å²) in [6.07, 6.45) is 2.72. The highest BCUT2D eigenvalue weighted by molar-refractivity contribution is 7.99. The summed E-state index contributed by atoms with van der Waals surface area (Å²) in [4.78, 5) is 4.18. The molecule has 1 aliphatic heterocycles. The summed E-state index contributed by atoms with van der Waals surface area (Å²) in [6.45, 7) is 0.111. The Labute approximate surface area is 92.4 Å². The van der Waals surface area contributed by atoms with E-state index in [1.54, 1.807) is 0 Å². The number of aliphatic hydroxyl groups excluding tert-OH is 1. The molecule has 84 valence electrons. The second-order valence-corrected chi connectivity index (χ2v) is 4.91. The quantitative estimate of drug-likeness (QED) is 0.805. The van der Waals surface area contributed by atoms with Crippen LogP contribution in [0.5, 0.6) is 0 Å². The Morgan fingerprint density at radius 3 is 3.13 bits per heavy atom. The van der Waals surface area contributed by atoms with E-state index in [2.05, 4.69) is 10.1 Å². The van der Waals surface area contributed by atoms with Gasteiger partial charge in [-0.15, -0.1) is 0 Å². The van der Waals surface area contributed by atoms with Crippen molar-refractivity contribution in [3.63, 3.8) is 0 Å². The third kappa shape index (κ3) is 2.50. The zero-order valence-electron chi connectivity index (χ0n) is 8.43. The first kappa shape index (κ1) is 10.9. The van der Waals surface area contributed by atoms with Gasteiger partial charge < -0.3 is 15.4 Å². The van der Waals surface area contributed by atoms with Crippen molar-refractivity contribution >= 4 is 11.8 Å². The second-order valence-electron chi connectivity index (χ2n) is 3.60. The molecule has 0 aromatic carbocycles. The van der Waals surface area contributed by atoms with Gasteiger partial charge in [-0.1, -0.05) is 11.6 Å². The maximum atomic E-state index is 9.41. The van der Waals surface area contributed by atoms with Gasteiger partial charge in [-0.25, -0.2) is 0 Å². The van der Waals surface area contributed by atoms with Crippen LogP contribution >= 0.6 is 11.8 Å². The van der Waals surface area contributed by atoms with Crippen LogP contribution in [0.2, 0.25) is 0 Å². The van der Waals surface area contributed by atoms with Gasteiger partial charge in [0.05, 0.1) is 5.25 Å². The number of nitrogens with two attached hydrogens (primary N) is 1. The van der Waals surface area contributed by atoms with E-state index >= 15 is 0 Å². The summed E-state index contributed by atoms with van der Waals surface area (Å²) in [6, 6.07) is 0. The van der Waals surface area contributed by atoms with Crippen molar-refractivity contribution in [2.24, 2.45) is 5.73 Å². The molecule has 0 spiro atoms. The van der Waals surface area contributed by atoms with E-state index in [-0.39, 0.29) is 12.4 Å². The summed E-state index contributed by atoms with van der Waals surface area (Å²) in [5, 5.41) is 13.6. The number of rotatable bonds is 3. The normalized spacial score (nSPS) is 24.0. The molecule has 6 heteroatoms. The lowest BCUT2D eigenvalue weighted by Gasteiger charge is -2.17. The topological polar surface area (TPSA) is 85.2 Å². The Balaban J connectivity index is 2.05. The standard InChI is InChI=1S/C9H15N3O2S/c10-5-6(13)9-11-8(12-14-9)7-3-1-2-4-15-7/h6-7,13H,1-5,10H2. The lowest BCUT2D eigenvalue weighted by Crippen LogP contribution is -2.12. The van der Waals surface area contributed by atoms with Crippen LogP contribution < -0.4 is 5.73 Å². The predicted molar refractivity (Wildman–Crippen MR) is 57.4 cm³/mol. The fourth-order valence-electron chi connectivity index (χ4n) is 1.56. The molecular formula is C9H15N3O2S. The van der Waals surface area contributed by atoms with Gasteiger partial charge in [-0.05, 0) is 18.6 Å². The molecule has 1 aromatic rings. The highest BCUT2D eigenvalue weighted by Gasteiger charge is 2.23. The molecule has 1 aliphatic rings. The molecule has 0 amide bonds. The summed E-state index contributed by atoms with van der Waals surface area (Å²) in [5.41, 5.74) is 5.31. The molecule has 2 unspecified atom stereocenters. The molecule has 1 saturated heterocycles. The van der Waals surface area contributed by atoms with Crippen LogP contribution in [0.15, 0.2) is 4.52 Å². The molecule has 2 atom stereocenters. The van der Waals surface area contributed by atoms with Crippen LogP contribution in [-0.4, -0.2) is 27.5 Å². The summed E-state index contributed by atoms with van der Waals surface area (Å²) in [5.74, 6) is 2.08. The van der Waals surface area contributed by atoms with Crippen LogP contribution in [0.3, 0.4) is 0 Å². The van der Waals surface area contributed by atoms with Gasteiger partial charge >= 0.3 is 0 Å². The van der Waals surface area contributed by atoms with Gasteiger partial charge in [0.2, 0.25) is 0 Å². The first-order chi connectivity index (χ1) is 7.31. The lowest BCUT2D eigenvalue weighted by molar-refractivity contribution is 0.141. The zero-order chi connectivity index (χ0) is 10.7. The van der Waals surface area contributed by atoms with Gasteiger partial charge in [-0.2, -0.15) is 16.7 Å². The molecule has 1 fully saturated rings. The van der Waals surface area contributed by atoms with Crippen molar-refractivity contribution in [2.45, 2.75) is 30.6 Å². The zero-order valence-corrected chi connectivity index (χ0v) is 9.24. The first-order valence-electron chi connectivity index (χ1n) is 5.14. The van der Waals surface area contributed by atoms with E-state index in [1.807, 2.05) is 11.8 Å². The minimum atomic E-state index is -0.833. The average Bonchev–Trinajstić information content (AvgIpc) is 2.78. The number of thioether (sulfide) groups is 1. The number of nitrogens with zero attached hydrogens (tertiary/aromatic N) is 2.